The Balaban J connectivity index is 1.26. The van der Waals surface area contributed by atoms with Gasteiger partial charge in [0.2, 0.25) is 5.56 Å². The van der Waals surface area contributed by atoms with Crippen LogP contribution in [0.2, 0.25) is 0 Å². The number of morpholine rings is 1. The van der Waals surface area contributed by atoms with E-state index in [4.69, 9.17) is 9.47 Å². The van der Waals surface area contributed by atoms with E-state index >= 15 is 0 Å². The summed E-state index contributed by atoms with van der Waals surface area (Å²) < 4.78 is 12.0. The number of H-pyrrole nitrogens is 1. The SMILES string of the molecule is CNCCC(Nc1ccc2c(c1)Sc1cccc(-c3cc(N4CCOCC4)cc(=O)[nH]3)c1O2)c1cnc(C)cn1. The van der Waals surface area contributed by atoms with Gasteiger partial charge in [-0.2, -0.15) is 0 Å². The van der Waals surface area contributed by atoms with Crippen molar-refractivity contribution in [2.45, 2.75) is 29.2 Å². The first-order valence-electron chi connectivity index (χ1n) is 13.5. The largest absolute Gasteiger partial charge is 0.454 e. The minimum atomic E-state index is -0.137. The highest BCUT2D eigenvalue weighted by atomic mass is 32.2. The molecule has 3 N–H and O–H groups in total. The normalized spacial score (nSPS) is 15.1. The second-order valence-electron chi connectivity index (χ2n) is 9.89. The first-order chi connectivity index (χ1) is 19.6. The van der Waals surface area contributed by atoms with Crippen LogP contribution >= 0.6 is 11.8 Å². The van der Waals surface area contributed by atoms with Crippen LogP contribution in [0.25, 0.3) is 11.3 Å². The van der Waals surface area contributed by atoms with E-state index in [2.05, 4.69) is 36.6 Å². The number of hydrogen-bond donors (Lipinski definition) is 3. The number of aromatic nitrogens is 3. The van der Waals surface area contributed by atoms with Gasteiger partial charge in [-0.05, 0) is 63.3 Å². The van der Waals surface area contributed by atoms with Crippen molar-refractivity contribution in [3.63, 3.8) is 0 Å². The number of nitrogens with zero attached hydrogens (tertiary/aromatic N) is 3. The summed E-state index contributed by atoms with van der Waals surface area (Å²) in [5.41, 5.74) is 5.14. The standard InChI is InChI=1S/C30H32N6O3S/c1-19-17-33-25(18-32-19)23(8-9-31-2)34-20-6-7-26-28(14-20)40-27-5-3-4-22(30(27)39-26)24-15-21(16-29(37)35-24)36-10-12-38-13-11-36/h3-7,14-18,23,31,34H,8-13H2,1-2H3,(H,35,37). The maximum atomic E-state index is 12.6. The number of fused-ring (bicyclic) bond motifs is 2. The monoisotopic (exact) mass is 556 g/mol. The molecule has 6 rings (SSSR count). The Labute approximate surface area is 237 Å². The first-order valence-corrected chi connectivity index (χ1v) is 14.3. The van der Waals surface area contributed by atoms with Crippen LogP contribution in [-0.2, 0) is 4.74 Å². The number of benzene rings is 2. The molecule has 2 aromatic heterocycles. The smallest absolute Gasteiger partial charge is 0.250 e. The second kappa shape index (κ2) is 11.7. The number of hydrogen-bond acceptors (Lipinski definition) is 9. The Hall–Kier alpha value is -3.86. The third-order valence-electron chi connectivity index (χ3n) is 7.03. The molecule has 0 amide bonds. The summed E-state index contributed by atoms with van der Waals surface area (Å²) in [6.45, 7) is 5.63. The molecular formula is C30H32N6O3S. The molecule has 1 atom stereocenters. The van der Waals surface area contributed by atoms with E-state index in [0.717, 1.165) is 81.4 Å². The van der Waals surface area contributed by atoms with Gasteiger partial charge in [-0.3, -0.25) is 14.8 Å². The maximum Gasteiger partial charge on any atom is 0.250 e. The first kappa shape index (κ1) is 26.4. The van der Waals surface area contributed by atoms with Crippen molar-refractivity contribution in [3.8, 4) is 22.8 Å². The quantitative estimate of drug-likeness (QED) is 0.244. The van der Waals surface area contributed by atoms with Crippen molar-refractivity contribution < 1.29 is 9.47 Å². The number of ether oxygens (including phenoxy) is 2. The van der Waals surface area contributed by atoms with Gasteiger partial charge in [0.05, 0.1) is 52.3 Å². The van der Waals surface area contributed by atoms with Crippen LogP contribution in [0.4, 0.5) is 11.4 Å². The lowest BCUT2D eigenvalue weighted by Gasteiger charge is -2.29. The number of nitrogens with one attached hydrogen (secondary N) is 3. The summed E-state index contributed by atoms with van der Waals surface area (Å²) in [5, 5.41) is 6.87. The molecule has 40 heavy (non-hydrogen) atoms. The Morgan fingerprint density at radius 1 is 1.07 bits per heavy atom. The summed E-state index contributed by atoms with van der Waals surface area (Å²) in [7, 11) is 1.95. The Bertz CT molecular complexity index is 1550. The zero-order valence-electron chi connectivity index (χ0n) is 22.6. The predicted molar refractivity (Wildman–Crippen MR) is 158 cm³/mol. The molecule has 0 spiro atoms. The molecule has 4 heterocycles. The molecule has 206 valence electrons. The number of para-hydroxylation sites is 1. The summed E-state index contributed by atoms with van der Waals surface area (Å²) in [4.78, 5) is 28.9. The summed E-state index contributed by atoms with van der Waals surface area (Å²) in [6.07, 6.45) is 4.51. The van der Waals surface area contributed by atoms with E-state index in [-0.39, 0.29) is 11.6 Å². The number of pyridine rings is 1. The molecule has 4 aromatic rings. The van der Waals surface area contributed by atoms with Gasteiger partial charge < -0.3 is 30.0 Å². The van der Waals surface area contributed by atoms with Gasteiger partial charge in [-0.1, -0.05) is 17.8 Å². The van der Waals surface area contributed by atoms with Gasteiger partial charge in [0.15, 0.2) is 5.75 Å². The van der Waals surface area contributed by atoms with Crippen LogP contribution in [0.5, 0.6) is 11.5 Å². The van der Waals surface area contributed by atoms with Crippen molar-refractivity contribution in [1.29, 1.82) is 0 Å². The number of aryl methyl sites for hydroxylation is 1. The van der Waals surface area contributed by atoms with Gasteiger partial charge in [0, 0.05) is 42.3 Å². The average Bonchev–Trinajstić information content (AvgIpc) is 2.98. The summed E-state index contributed by atoms with van der Waals surface area (Å²) in [5.74, 6) is 1.53. The van der Waals surface area contributed by atoms with Crippen LogP contribution in [0.15, 0.2) is 75.5 Å². The topological polar surface area (TPSA) is 104 Å². The molecule has 0 radical (unpaired) electrons. The lowest BCUT2D eigenvalue weighted by Crippen LogP contribution is -2.36. The second-order valence-corrected chi connectivity index (χ2v) is 11.0. The van der Waals surface area contributed by atoms with Crippen LogP contribution in [0.1, 0.15) is 23.9 Å². The van der Waals surface area contributed by atoms with Crippen LogP contribution in [0.3, 0.4) is 0 Å². The summed E-state index contributed by atoms with van der Waals surface area (Å²) in [6, 6.07) is 15.9. The molecule has 1 unspecified atom stereocenters. The minimum Gasteiger partial charge on any atom is -0.454 e. The van der Waals surface area contributed by atoms with E-state index in [9.17, 15) is 4.79 Å². The molecule has 9 nitrogen and oxygen atoms in total. The molecule has 1 fully saturated rings. The predicted octanol–water partition coefficient (Wildman–Crippen LogP) is 5.00. The van der Waals surface area contributed by atoms with Crippen LogP contribution in [0, 0.1) is 6.92 Å². The van der Waals surface area contributed by atoms with Gasteiger partial charge in [-0.15, -0.1) is 0 Å². The number of rotatable bonds is 8. The maximum absolute atomic E-state index is 12.6. The molecular weight excluding hydrogens is 524 g/mol. The van der Waals surface area contributed by atoms with Gasteiger partial charge in [-0.25, -0.2) is 0 Å². The van der Waals surface area contributed by atoms with Crippen LogP contribution in [-0.4, -0.2) is 54.8 Å². The van der Waals surface area contributed by atoms with Crippen molar-refractivity contribution in [3.05, 3.63) is 82.7 Å². The Kier molecular flexibility index (Phi) is 7.72. The minimum absolute atomic E-state index is 0.0163. The van der Waals surface area contributed by atoms with E-state index < -0.39 is 0 Å². The van der Waals surface area contributed by atoms with Crippen molar-refractivity contribution in [2.75, 3.05) is 50.1 Å². The molecule has 0 saturated carbocycles. The Morgan fingerprint density at radius 3 is 2.75 bits per heavy atom. The van der Waals surface area contributed by atoms with E-state index in [1.54, 1.807) is 24.0 Å². The highest BCUT2D eigenvalue weighted by molar-refractivity contribution is 7.99. The van der Waals surface area contributed by atoms with E-state index in [0.29, 0.717) is 13.2 Å². The third kappa shape index (κ3) is 5.70. The van der Waals surface area contributed by atoms with Gasteiger partial charge >= 0.3 is 0 Å². The van der Waals surface area contributed by atoms with E-state index in [1.807, 2.05) is 56.6 Å². The molecule has 0 aliphatic carbocycles. The molecule has 0 bridgehead atoms. The zero-order valence-corrected chi connectivity index (χ0v) is 23.4. The van der Waals surface area contributed by atoms with Gasteiger partial charge in [0.25, 0.3) is 0 Å². The molecule has 2 aromatic carbocycles. The zero-order chi connectivity index (χ0) is 27.5. The van der Waals surface area contributed by atoms with E-state index in [1.165, 1.54) is 0 Å². The number of aromatic amines is 1. The van der Waals surface area contributed by atoms with Crippen molar-refractivity contribution >= 4 is 23.1 Å². The average molecular weight is 557 g/mol. The fraction of sp³-hybridized carbons (Fsp3) is 0.300. The molecule has 2 aliphatic heterocycles. The van der Waals surface area contributed by atoms with Gasteiger partial charge in [0.1, 0.15) is 5.75 Å². The lowest BCUT2D eigenvalue weighted by atomic mass is 10.1. The molecule has 1 saturated heterocycles. The van der Waals surface area contributed by atoms with Crippen LogP contribution < -0.4 is 25.8 Å². The highest BCUT2D eigenvalue weighted by Gasteiger charge is 2.24. The summed E-state index contributed by atoms with van der Waals surface area (Å²) >= 11 is 1.66. The fourth-order valence-electron chi connectivity index (χ4n) is 4.95. The third-order valence-corrected chi connectivity index (χ3v) is 8.11. The molecule has 2 aliphatic rings. The Morgan fingerprint density at radius 2 is 1.95 bits per heavy atom. The highest BCUT2D eigenvalue weighted by Crippen LogP contribution is 2.51. The van der Waals surface area contributed by atoms with Crippen molar-refractivity contribution in [2.24, 2.45) is 0 Å². The molecule has 10 heteroatoms. The number of anilines is 2. The van der Waals surface area contributed by atoms with Crippen molar-refractivity contribution in [1.82, 2.24) is 20.3 Å². The lowest BCUT2D eigenvalue weighted by molar-refractivity contribution is 0.122. The fourth-order valence-corrected chi connectivity index (χ4v) is 5.97.